The van der Waals surface area contributed by atoms with Gasteiger partial charge in [-0.25, -0.2) is 0 Å². The number of likely N-dealkylation sites (tertiary alicyclic amines) is 1. The molecular formula is C25H33N3O6. The summed E-state index contributed by atoms with van der Waals surface area (Å²) >= 11 is 0. The van der Waals surface area contributed by atoms with Gasteiger partial charge in [0.1, 0.15) is 5.56 Å². The van der Waals surface area contributed by atoms with Gasteiger partial charge >= 0.3 is 5.69 Å². The summed E-state index contributed by atoms with van der Waals surface area (Å²) in [4.78, 5) is 26.5. The van der Waals surface area contributed by atoms with Gasteiger partial charge in [-0.1, -0.05) is 38.1 Å². The van der Waals surface area contributed by atoms with Gasteiger partial charge in [0.25, 0.3) is 5.91 Å². The van der Waals surface area contributed by atoms with Crippen molar-refractivity contribution in [3.8, 4) is 17.2 Å². The summed E-state index contributed by atoms with van der Waals surface area (Å²) in [5, 5.41) is 14.5. The molecule has 184 valence electrons. The van der Waals surface area contributed by atoms with Crippen LogP contribution >= 0.6 is 0 Å². The Morgan fingerprint density at radius 3 is 2.15 bits per heavy atom. The molecule has 1 amide bonds. The molecule has 9 heteroatoms. The number of carbonyl (C=O) groups excluding carboxylic acids is 1. The molecule has 0 saturated carbocycles. The first-order valence-corrected chi connectivity index (χ1v) is 11.3. The minimum Gasteiger partial charge on any atom is -0.493 e. The van der Waals surface area contributed by atoms with Crippen LogP contribution < -0.4 is 19.5 Å². The van der Waals surface area contributed by atoms with Crippen molar-refractivity contribution in [3.05, 3.63) is 57.1 Å². The van der Waals surface area contributed by atoms with E-state index < -0.39 is 16.5 Å². The van der Waals surface area contributed by atoms with Gasteiger partial charge in [0, 0.05) is 32.2 Å². The molecule has 3 rings (SSSR count). The Hall–Kier alpha value is -3.33. The highest BCUT2D eigenvalue weighted by Gasteiger charge is 2.32. The molecule has 0 aliphatic carbocycles. The molecule has 0 radical (unpaired) electrons. The van der Waals surface area contributed by atoms with Crippen molar-refractivity contribution >= 4 is 11.6 Å². The number of hydrogen-bond acceptors (Lipinski definition) is 7. The summed E-state index contributed by atoms with van der Waals surface area (Å²) in [5.41, 5.74) is 1.48. The van der Waals surface area contributed by atoms with E-state index >= 15 is 0 Å². The van der Waals surface area contributed by atoms with E-state index in [0.717, 1.165) is 25.2 Å². The van der Waals surface area contributed by atoms with Crippen molar-refractivity contribution in [2.45, 2.75) is 33.4 Å². The van der Waals surface area contributed by atoms with Crippen molar-refractivity contribution in [1.29, 1.82) is 0 Å². The van der Waals surface area contributed by atoms with Gasteiger partial charge in [-0.05, 0) is 29.4 Å². The lowest BCUT2D eigenvalue weighted by molar-refractivity contribution is -0.386. The van der Waals surface area contributed by atoms with E-state index in [2.05, 4.69) is 36.2 Å². The van der Waals surface area contributed by atoms with Gasteiger partial charge in [0.15, 0.2) is 5.75 Å². The molecule has 1 heterocycles. The number of hydrogen-bond donors (Lipinski definition) is 1. The van der Waals surface area contributed by atoms with Crippen LogP contribution in [0.15, 0.2) is 30.3 Å². The SMILES string of the molecule is COc1cc(C(=O)NCc2ccc(CN3CC(C)CC(C)C3)cc2)c([N+](=O)[O-])c(OC)c1OC. The second-order valence-electron chi connectivity index (χ2n) is 8.94. The number of nitro groups is 1. The molecule has 1 N–H and O–H groups in total. The monoisotopic (exact) mass is 471 g/mol. The Morgan fingerprint density at radius 2 is 1.62 bits per heavy atom. The van der Waals surface area contributed by atoms with E-state index in [4.69, 9.17) is 14.2 Å². The van der Waals surface area contributed by atoms with Gasteiger partial charge in [0.05, 0.1) is 26.3 Å². The molecule has 1 fully saturated rings. The average Bonchev–Trinajstić information content (AvgIpc) is 2.81. The Labute approximate surface area is 200 Å². The van der Waals surface area contributed by atoms with Crippen molar-refractivity contribution in [2.75, 3.05) is 34.4 Å². The van der Waals surface area contributed by atoms with Crippen LogP contribution in [0.25, 0.3) is 0 Å². The number of carbonyl (C=O) groups is 1. The second-order valence-corrected chi connectivity index (χ2v) is 8.94. The summed E-state index contributed by atoms with van der Waals surface area (Å²) < 4.78 is 15.6. The largest absolute Gasteiger partial charge is 0.493 e. The average molecular weight is 472 g/mol. The zero-order chi connectivity index (χ0) is 24.8. The molecule has 9 nitrogen and oxygen atoms in total. The fourth-order valence-electron chi connectivity index (χ4n) is 4.71. The normalized spacial score (nSPS) is 18.3. The third-order valence-electron chi connectivity index (χ3n) is 6.06. The Bertz CT molecular complexity index is 1010. The van der Waals surface area contributed by atoms with E-state index in [1.54, 1.807) is 0 Å². The highest BCUT2D eigenvalue weighted by molar-refractivity contribution is 6.00. The molecule has 2 atom stereocenters. The predicted octanol–water partition coefficient (Wildman–Crippen LogP) is 4.03. The first-order chi connectivity index (χ1) is 16.3. The quantitative estimate of drug-likeness (QED) is 0.435. The summed E-state index contributed by atoms with van der Waals surface area (Å²) in [6, 6.07) is 9.35. The summed E-state index contributed by atoms with van der Waals surface area (Å²) in [6.07, 6.45) is 1.28. The fraction of sp³-hybridized carbons (Fsp3) is 0.480. The van der Waals surface area contributed by atoms with E-state index in [9.17, 15) is 14.9 Å². The molecule has 1 aliphatic heterocycles. The number of nitrogens with zero attached hydrogens (tertiary/aromatic N) is 2. The maximum absolute atomic E-state index is 12.9. The molecule has 1 saturated heterocycles. The maximum atomic E-state index is 12.9. The van der Waals surface area contributed by atoms with Gasteiger partial charge in [-0.2, -0.15) is 0 Å². The Morgan fingerprint density at radius 1 is 1.03 bits per heavy atom. The first kappa shape index (κ1) is 25.3. The minimum absolute atomic E-state index is 0.0568. The predicted molar refractivity (Wildman–Crippen MR) is 129 cm³/mol. The van der Waals surface area contributed by atoms with E-state index in [-0.39, 0.29) is 29.4 Å². The van der Waals surface area contributed by atoms with Crippen molar-refractivity contribution in [2.24, 2.45) is 11.8 Å². The lowest BCUT2D eigenvalue weighted by Crippen LogP contribution is -2.38. The molecule has 0 aromatic heterocycles. The highest BCUT2D eigenvalue weighted by Crippen LogP contribution is 2.46. The van der Waals surface area contributed by atoms with Gasteiger partial charge in [-0.15, -0.1) is 0 Å². The smallest absolute Gasteiger partial charge is 0.327 e. The standard InChI is InChI=1S/C25H33N3O6/c1-16-10-17(2)14-27(13-16)15-19-8-6-18(7-9-19)12-26-25(29)20-11-21(32-3)23(33-4)24(34-5)22(20)28(30)31/h6-9,11,16-17H,10,12-15H2,1-5H3,(H,26,29). The van der Waals surface area contributed by atoms with Crippen LogP contribution in [0.3, 0.4) is 0 Å². The number of piperidine rings is 1. The number of rotatable bonds is 9. The maximum Gasteiger partial charge on any atom is 0.327 e. The van der Waals surface area contributed by atoms with Crippen LogP contribution in [0.2, 0.25) is 0 Å². The molecule has 34 heavy (non-hydrogen) atoms. The van der Waals surface area contributed by atoms with Crippen molar-refractivity contribution in [3.63, 3.8) is 0 Å². The number of amides is 1. The number of benzene rings is 2. The topological polar surface area (TPSA) is 103 Å². The van der Waals surface area contributed by atoms with Crippen LogP contribution in [-0.4, -0.2) is 50.1 Å². The molecule has 2 unspecified atom stereocenters. The zero-order valence-electron chi connectivity index (χ0n) is 20.4. The van der Waals surface area contributed by atoms with Crippen LogP contribution in [0.1, 0.15) is 41.8 Å². The van der Waals surface area contributed by atoms with E-state index in [1.165, 1.54) is 39.4 Å². The first-order valence-electron chi connectivity index (χ1n) is 11.3. The Balaban J connectivity index is 1.71. The van der Waals surface area contributed by atoms with Crippen molar-refractivity contribution in [1.82, 2.24) is 10.2 Å². The van der Waals surface area contributed by atoms with Gasteiger partial charge in [-0.3, -0.25) is 19.8 Å². The number of methoxy groups -OCH3 is 3. The minimum atomic E-state index is -0.660. The highest BCUT2D eigenvalue weighted by atomic mass is 16.6. The van der Waals surface area contributed by atoms with Crippen LogP contribution in [0.4, 0.5) is 5.69 Å². The lowest BCUT2D eigenvalue weighted by atomic mass is 9.91. The molecule has 0 bridgehead atoms. The Kier molecular flexibility index (Phi) is 8.33. The van der Waals surface area contributed by atoms with Crippen molar-refractivity contribution < 1.29 is 23.9 Å². The van der Waals surface area contributed by atoms with Crippen LogP contribution in [-0.2, 0) is 13.1 Å². The number of ether oxygens (including phenoxy) is 3. The number of nitro benzene ring substituents is 1. The molecule has 2 aromatic rings. The lowest BCUT2D eigenvalue weighted by Gasteiger charge is -2.35. The summed E-state index contributed by atoms with van der Waals surface area (Å²) in [5.74, 6) is 0.867. The zero-order valence-corrected chi connectivity index (χ0v) is 20.4. The van der Waals surface area contributed by atoms with E-state index in [1.807, 2.05) is 12.1 Å². The number of nitrogens with one attached hydrogen (secondary N) is 1. The second kappa shape index (κ2) is 11.2. The van der Waals surface area contributed by atoms with Crippen LogP contribution in [0, 0.1) is 22.0 Å². The van der Waals surface area contributed by atoms with Crippen LogP contribution in [0.5, 0.6) is 17.2 Å². The van der Waals surface area contributed by atoms with Gasteiger partial charge < -0.3 is 19.5 Å². The molecule has 0 spiro atoms. The molecule has 1 aliphatic rings. The molecular weight excluding hydrogens is 438 g/mol. The van der Waals surface area contributed by atoms with Gasteiger partial charge in [0.2, 0.25) is 11.5 Å². The summed E-state index contributed by atoms with van der Waals surface area (Å²) in [6.45, 7) is 7.94. The van der Waals surface area contributed by atoms with E-state index in [0.29, 0.717) is 11.8 Å². The fourth-order valence-corrected chi connectivity index (χ4v) is 4.71. The third-order valence-corrected chi connectivity index (χ3v) is 6.06. The summed E-state index contributed by atoms with van der Waals surface area (Å²) in [7, 11) is 4.01. The molecule has 2 aromatic carbocycles. The third kappa shape index (κ3) is 5.77.